The lowest BCUT2D eigenvalue weighted by Gasteiger charge is -2.38. The molecule has 0 radical (unpaired) electrons. The molecule has 1 fully saturated rings. The van der Waals surface area contributed by atoms with E-state index in [2.05, 4.69) is 29.1 Å². The molecule has 0 bridgehead atoms. The lowest BCUT2D eigenvalue weighted by molar-refractivity contribution is 0.351. The van der Waals surface area contributed by atoms with Crippen molar-refractivity contribution < 1.29 is 0 Å². The highest BCUT2D eigenvalue weighted by molar-refractivity contribution is 7.13. The van der Waals surface area contributed by atoms with Crippen LogP contribution < -0.4 is 10.6 Å². The second-order valence-electron chi connectivity index (χ2n) is 4.94. The van der Waals surface area contributed by atoms with Crippen LogP contribution in [-0.2, 0) is 6.42 Å². The number of amidine groups is 1. The Morgan fingerprint density at radius 3 is 2.71 bits per heavy atom. The number of piperidine rings is 1. The molecule has 0 aromatic carbocycles. The average Bonchev–Trinajstić information content (AvgIpc) is 2.78. The van der Waals surface area contributed by atoms with Crippen LogP contribution in [-0.4, -0.2) is 23.9 Å². The van der Waals surface area contributed by atoms with Gasteiger partial charge in [-0.25, -0.2) is 4.98 Å². The summed E-state index contributed by atoms with van der Waals surface area (Å²) >= 11 is 1.72. The minimum absolute atomic E-state index is 0.110. The fourth-order valence-electron chi connectivity index (χ4n) is 2.06. The standard InChI is InChI=1S/C12H20N4S/c1-3-9-8-17-11(15-9)16-6-4-12(2,5-7-16)10(13)14/h8H,3-7H2,1-2H3,(H3,13,14). The van der Waals surface area contributed by atoms with Crippen LogP contribution in [0, 0.1) is 10.8 Å². The maximum Gasteiger partial charge on any atom is 0.185 e. The van der Waals surface area contributed by atoms with Crippen molar-refractivity contribution in [2.45, 2.75) is 33.1 Å². The van der Waals surface area contributed by atoms with E-state index in [0.717, 1.165) is 37.5 Å². The zero-order chi connectivity index (χ0) is 12.5. The van der Waals surface area contributed by atoms with Gasteiger partial charge in [-0.1, -0.05) is 13.8 Å². The minimum atomic E-state index is -0.110. The normalized spacial score (nSPS) is 19.3. The van der Waals surface area contributed by atoms with Gasteiger partial charge in [0.15, 0.2) is 5.13 Å². The summed E-state index contributed by atoms with van der Waals surface area (Å²) in [5.41, 5.74) is 6.72. The molecule has 1 saturated heterocycles. The molecule has 0 amide bonds. The summed E-state index contributed by atoms with van der Waals surface area (Å²) in [6.07, 6.45) is 2.89. The van der Waals surface area contributed by atoms with Crippen LogP contribution in [0.1, 0.15) is 32.4 Å². The minimum Gasteiger partial charge on any atom is -0.387 e. The number of aryl methyl sites for hydroxylation is 1. The van der Waals surface area contributed by atoms with Gasteiger partial charge in [-0.2, -0.15) is 0 Å². The van der Waals surface area contributed by atoms with E-state index in [-0.39, 0.29) is 5.41 Å². The molecule has 0 aliphatic carbocycles. The Morgan fingerprint density at radius 1 is 1.59 bits per heavy atom. The fourth-order valence-corrected chi connectivity index (χ4v) is 3.03. The molecular weight excluding hydrogens is 232 g/mol. The van der Waals surface area contributed by atoms with Gasteiger partial charge in [0.05, 0.1) is 11.5 Å². The molecule has 1 aromatic heterocycles. The summed E-state index contributed by atoms with van der Waals surface area (Å²) in [7, 11) is 0. The van der Waals surface area contributed by atoms with E-state index < -0.39 is 0 Å². The molecule has 2 heterocycles. The number of nitrogens with zero attached hydrogens (tertiary/aromatic N) is 2. The van der Waals surface area contributed by atoms with Crippen LogP contribution in [0.25, 0.3) is 0 Å². The highest BCUT2D eigenvalue weighted by Crippen LogP contribution is 2.33. The van der Waals surface area contributed by atoms with E-state index in [1.165, 1.54) is 5.69 Å². The summed E-state index contributed by atoms with van der Waals surface area (Å²) in [5.74, 6) is 0.325. The Balaban J connectivity index is 2.01. The molecule has 3 N–H and O–H groups in total. The first-order chi connectivity index (χ1) is 8.05. The van der Waals surface area contributed by atoms with Crippen LogP contribution >= 0.6 is 11.3 Å². The number of rotatable bonds is 3. The summed E-state index contributed by atoms with van der Waals surface area (Å²) < 4.78 is 0. The van der Waals surface area contributed by atoms with Crippen molar-refractivity contribution in [2.24, 2.45) is 11.1 Å². The van der Waals surface area contributed by atoms with Crippen molar-refractivity contribution in [1.82, 2.24) is 4.98 Å². The van der Waals surface area contributed by atoms with Crippen LogP contribution in [0.5, 0.6) is 0 Å². The molecule has 0 spiro atoms. The van der Waals surface area contributed by atoms with Crippen molar-refractivity contribution >= 4 is 22.3 Å². The third-order valence-electron chi connectivity index (χ3n) is 3.69. The molecule has 2 rings (SSSR count). The Bertz CT molecular complexity index is 404. The van der Waals surface area contributed by atoms with Crippen LogP contribution in [0.15, 0.2) is 5.38 Å². The average molecular weight is 252 g/mol. The number of anilines is 1. The Hall–Kier alpha value is -1.10. The van der Waals surface area contributed by atoms with Crippen molar-refractivity contribution in [3.05, 3.63) is 11.1 Å². The van der Waals surface area contributed by atoms with Crippen LogP contribution in [0.3, 0.4) is 0 Å². The van der Waals surface area contributed by atoms with Gasteiger partial charge in [0.25, 0.3) is 0 Å². The molecule has 0 saturated carbocycles. The quantitative estimate of drug-likeness (QED) is 0.640. The molecule has 4 nitrogen and oxygen atoms in total. The van der Waals surface area contributed by atoms with Gasteiger partial charge in [0.1, 0.15) is 0 Å². The largest absolute Gasteiger partial charge is 0.387 e. The van der Waals surface area contributed by atoms with E-state index in [1.54, 1.807) is 11.3 Å². The summed E-state index contributed by atoms with van der Waals surface area (Å²) in [5, 5.41) is 10.9. The SMILES string of the molecule is CCc1csc(N2CCC(C)(C(=N)N)CC2)n1. The number of nitrogens with two attached hydrogens (primary N) is 1. The molecule has 1 aromatic rings. The number of nitrogens with one attached hydrogen (secondary N) is 1. The molecule has 1 aliphatic rings. The van der Waals surface area contributed by atoms with E-state index in [1.807, 2.05) is 0 Å². The highest BCUT2D eigenvalue weighted by atomic mass is 32.1. The maximum atomic E-state index is 7.64. The molecule has 94 valence electrons. The molecule has 0 atom stereocenters. The van der Waals surface area contributed by atoms with Crippen LogP contribution in [0.4, 0.5) is 5.13 Å². The van der Waals surface area contributed by atoms with Gasteiger partial charge in [-0.15, -0.1) is 11.3 Å². The second-order valence-corrected chi connectivity index (χ2v) is 5.77. The number of thiazole rings is 1. The third kappa shape index (κ3) is 2.44. The van der Waals surface area contributed by atoms with E-state index >= 15 is 0 Å². The molecule has 0 unspecified atom stereocenters. The van der Waals surface area contributed by atoms with Gasteiger partial charge in [0.2, 0.25) is 0 Å². The zero-order valence-electron chi connectivity index (χ0n) is 10.5. The Labute approximate surface area is 106 Å². The Morgan fingerprint density at radius 2 is 2.24 bits per heavy atom. The first-order valence-corrected chi connectivity index (χ1v) is 6.97. The second kappa shape index (κ2) is 4.64. The monoisotopic (exact) mass is 252 g/mol. The fraction of sp³-hybridized carbons (Fsp3) is 0.667. The highest BCUT2D eigenvalue weighted by Gasteiger charge is 2.33. The zero-order valence-corrected chi connectivity index (χ0v) is 11.3. The Kier molecular flexibility index (Phi) is 3.38. The number of aromatic nitrogens is 1. The predicted octanol–water partition coefficient (Wildman–Crippen LogP) is 2.25. The first-order valence-electron chi connectivity index (χ1n) is 6.09. The molecule has 1 aliphatic heterocycles. The smallest absolute Gasteiger partial charge is 0.185 e. The van der Waals surface area contributed by atoms with Gasteiger partial charge in [-0.05, 0) is 19.3 Å². The van der Waals surface area contributed by atoms with E-state index in [0.29, 0.717) is 5.84 Å². The van der Waals surface area contributed by atoms with Gasteiger partial charge in [0, 0.05) is 23.9 Å². The third-order valence-corrected chi connectivity index (χ3v) is 4.64. The van der Waals surface area contributed by atoms with E-state index in [4.69, 9.17) is 11.1 Å². The van der Waals surface area contributed by atoms with Gasteiger partial charge >= 0.3 is 0 Å². The van der Waals surface area contributed by atoms with Crippen LogP contribution in [0.2, 0.25) is 0 Å². The van der Waals surface area contributed by atoms with Gasteiger partial charge in [-0.3, -0.25) is 5.41 Å². The summed E-state index contributed by atoms with van der Waals surface area (Å²) in [6, 6.07) is 0. The lowest BCUT2D eigenvalue weighted by atomic mass is 9.79. The summed E-state index contributed by atoms with van der Waals surface area (Å²) in [6.45, 7) is 6.12. The predicted molar refractivity (Wildman–Crippen MR) is 73.0 cm³/mol. The lowest BCUT2D eigenvalue weighted by Crippen LogP contribution is -2.45. The van der Waals surface area contributed by atoms with E-state index in [9.17, 15) is 0 Å². The van der Waals surface area contributed by atoms with Crippen molar-refractivity contribution in [1.29, 1.82) is 5.41 Å². The molecular formula is C12H20N4S. The van der Waals surface area contributed by atoms with Crippen molar-refractivity contribution in [3.8, 4) is 0 Å². The molecule has 17 heavy (non-hydrogen) atoms. The van der Waals surface area contributed by atoms with Crippen molar-refractivity contribution in [2.75, 3.05) is 18.0 Å². The van der Waals surface area contributed by atoms with Crippen molar-refractivity contribution in [3.63, 3.8) is 0 Å². The molecule has 5 heteroatoms. The first kappa shape index (κ1) is 12.4. The number of hydrogen-bond acceptors (Lipinski definition) is 4. The summed E-state index contributed by atoms with van der Waals surface area (Å²) in [4.78, 5) is 6.92. The van der Waals surface area contributed by atoms with Gasteiger partial charge < -0.3 is 10.6 Å². The topological polar surface area (TPSA) is 66.0 Å². The number of hydrogen-bond donors (Lipinski definition) is 2. The maximum absolute atomic E-state index is 7.64.